The molecule has 0 aliphatic carbocycles. The molecule has 30 heavy (non-hydrogen) atoms. The van der Waals surface area contributed by atoms with Gasteiger partial charge in [-0.25, -0.2) is 9.59 Å². The minimum atomic E-state index is -1.54. The van der Waals surface area contributed by atoms with E-state index in [1.807, 2.05) is 0 Å². The summed E-state index contributed by atoms with van der Waals surface area (Å²) >= 11 is 0. The van der Waals surface area contributed by atoms with Crippen LogP contribution in [0.4, 0.5) is 4.39 Å². The maximum absolute atomic E-state index is 13.7. The average Bonchev–Trinajstić information content (AvgIpc) is 2.90. The molecule has 2 heterocycles. The van der Waals surface area contributed by atoms with Crippen LogP contribution < -0.4 is 11.2 Å². The predicted molar refractivity (Wildman–Crippen MR) is 96.7 cm³/mol. The number of esters is 3. The number of rotatable bonds is 6. The predicted octanol–water partition coefficient (Wildman–Crippen LogP) is 0.0258. The van der Waals surface area contributed by atoms with Crippen molar-refractivity contribution in [2.45, 2.75) is 58.7 Å². The van der Waals surface area contributed by atoms with Crippen LogP contribution in [0, 0.1) is 11.7 Å². The van der Waals surface area contributed by atoms with Gasteiger partial charge in [0.1, 0.15) is 12.7 Å². The van der Waals surface area contributed by atoms with Crippen LogP contribution in [0.3, 0.4) is 0 Å². The normalized spacial score (nSPS) is 23.7. The van der Waals surface area contributed by atoms with Crippen LogP contribution in [0.2, 0.25) is 0 Å². The van der Waals surface area contributed by atoms with E-state index in [0.717, 1.165) is 18.4 Å². The Bertz CT molecular complexity index is 952. The molecule has 1 saturated heterocycles. The van der Waals surface area contributed by atoms with Crippen LogP contribution in [0.1, 0.15) is 40.8 Å². The summed E-state index contributed by atoms with van der Waals surface area (Å²) in [5.41, 5.74) is -3.71. The van der Waals surface area contributed by atoms with Gasteiger partial charge in [-0.05, 0) is 13.8 Å². The number of ether oxygens (including phenoxy) is 4. The molecule has 4 atom stereocenters. The molecule has 166 valence electrons. The Hall–Kier alpha value is -3.02. The lowest BCUT2D eigenvalue weighted by molar-refractivity contribution is -0.180. The molecule has 11 nitrogen and oxygen atoms in total. The van der Waals surface area contributed by atoms with E-state index in [-0.39, 0.29) is 6.61 Å². The number of carbonyl (C=O) groups is 3. The standard InChI is InChI=1S/C18H23FN2O9/c1-8-12(7-27-16(25)18(4,5)30-10(3)23)29-15(13(8)28-9(2)22)21-6-11(19)14(24)20-17(21)26/h6,8,12-13,15H,7H2,1-5H3,(H,20,24,26)/t8?,12?,13-,15?/m1/s1. The maximum Gasteiger partial charge on any atom is 0.350 e. The van der Waals surface area contributed by atoms with Crippen LogP contribution >= 0.6 is 0 Å². The third-order valence-corrected chi connectivity index (χ3v) is 4.47. The Labute approximate surface area is 170 Å². The van der Waals surface area contributed by atoms with E-state index in [9.17, 15) is 28.4 Å². The van der Waals surface area contributed by atoms with Crippen LogP contribution in [0.15, 0.2) is 15.8 Å². The molecule has 0 bridgehead atoms. The second-order valence-electron chi connectivity index (χ2n) is 7.34. The molecular formula is C18H23FN2O9. The number of nitrogens with zero attached hydrogens (tertiary/aromatic N) is 1. The summed E-state index contributed by atoms with van der Waals surface area (Å²) in [6, 6.07) is 0. The minimum absolute atomic E-state index is 0.320. The number of carbonyl (C=O) groups excluding carboxylic acids is 3. The van der Waals surface area contributed by atoms with Crippen molar-refractivity contribution in [1.29, 1.82) is 0 Å². The van der Waals surface area contributed by atoms with Gasteiger partial charge in [-0.1, -0.05) is 6.92 Å². The fourth-order valence-corrected chi connectivity index (χ4v) is 3.01. The van der Waals surface area contributed by atoms with Crippen LogP contribution in [-0.2, 0) is 33.3 Å². The third-order valence-electron chi connectivity index (χ3n) is 4.47. The summed E-state index contributed by atoms with van der Waals surface area (Å²) in [6.45, 7) is 6.29. The first-order valence-electron chi connectivity index (χ1n) is 9.04. The highest BCUT2D eigenvalue weighted by molar-refractivity contribution is 5.82. The van der Waals surface area contributed by atoms with Gasteiger partial charge in [-0.15, -0.1) is 0 Å². The minimum Gasteiger partial charge on any atom is -0.460 e. The van der Waals surface area contributed by atoms with Gasteiger partial charge >= 0.3 is 23.6 Å². The van der Waals surface area contributed by atoms with Gasteiger partial charge in [0.05, 0.1) is 6.20 Å². The van der Waals surface area contributed by atoms with Gasteiger partial charge in [0.2, 0.25) is 11.4 Å². The number of hydrogen-bond donors (Lipinski definition) is 1. The third kappa shape index (κ3) is 5.12. The van der Waals surface area contributed by atoms with Crippen molar-refractivity contribution in [3.05, 3.63) is 32.9 Å². The van der Waals surface area contributed by atoms with E-state index in [2.05, 4.69) is 0 Å². The number of aromatic nitrogens is 2. The Morgan fingerprint density at radius 1 is 1.23 bits per heavy atom. The summed E-state index contributed by atoms with van der Waals surface area (Å²) in [5, 5.41) is 0. The Balaban J connectivity index is 2.24. The lowest BCUT2D eigenvalue weighted by Gasteiger charge is -2.24. The molecule has 1 aromatic rings. The summed E-state index contributed by atoms with van der Waals surface area (Å²) in [6.07, 6.45) is -2.50. The maximum atomic E-state index is 13.7. The average molecular weight is 430 g/mol. The highest BCUT2D eigenvalue weighted by Crippen LogP contribution is 2.35. The topological polar surface area (TPSA) is 143 Å². The van der Waals surface area contributed by atoms with Gasteiger partial charge in [0.15, 0.2) is 12.3 Å². The quantitative estimate of drug-likeness (QED) is 0.488. The van der Waals surface area contributed by atoms with Gasteiger partial charge in [0.25, 0.3) is 5.56 Å². The van der Waals surface area contributed by atoms with E-state index >= 15 is 0 Å². The summed E-state index contributed by atoms with van der Waals surface area (Å²) < 4.78 is 35.5. The van der Waals surface area contributed by atoms with Crippen molar-refractivity contribution in [2.75, 3.05) is 6.61 Å². The molecule has 1 aliphatic heterocycles. The lowest BCUT2D eigenvalue weighted by Crippen LogP contribution is -2.40. The Morgan fingerprint density at radius 2 is 1.87 bits per heavy atom. The number of hydrogen-bond acceptors (Lipinski definition) is 9. The molecule has 1 fully saturated rings. The van der Waals surface area contributed by atoms with Crippen molar-refractivity contribution < 1.29 is 37.7 Å². The zero-order valence-corrected chi connectivity index (χ0v) is 17.1. The van der Waals surface area contributed by atoms with Crippen molar-refractivity contribution in [3.63, 3.8) is 0 Å². The van der Waals surface area contributed by atoms with E-state index in [1.54, 1.807) is 11.9 Å². The van der Waals surface area contributed by atoms with Crippen molar-refractivity contribution in [2.24, 2.45) is 5.92 Å². The zero-order valence-electron chi connectivity index (χ0n) is 17.1. The van der Waals surface area contributed by atoms with Crippen molar-refractivity contribution in [3.8, 4) is 0 Å². The summed E-state index contributed by atoms with van der Waals surface area (Å²) in [4.78, 5) is 60.0. The van der Waals surface area contributed by atoms with Gasteiger partial charge < -0.3 is 18.9 Å². The second-order valence-corrected chi connectivity index (χ2v) is 7.34. The van der Waals surface area contributed by atoms with Crippen molar-refractivity contribution in [1.82, 2.24) is 9.55 Å². The molecule has 1 aliphatic rings. The molecule has 1 aromatic heterocycles. The highest BCUT2D eigenvalue weighted by atomic mass is 19.1. The molecule has 3 unspecified atom stereocenters. The molecule has 12 heteroatoms. The number of aromatic amines is 1. The molecule has 2 rings (SSSR count). The summed E-state index contributed by atoms with van der Waals surface area (Å²) in [7, 11) is 0. The van der Waals surface area contributed by atoms with E-state index in [1.165, 1.54) is 13.8 Å². The van der Waals surface area contributed by atoms with E-state index < -0.39 is 64.9 Å². The molecule has 0 radical (unpaired) electrons. The zero-order chi connectivity index (χ0) is 22.8. The molecule has 0 aromatic carbocycles. The molecule has 0 saturated carbocycles. The van der Waals surface area contributed by atoms with Gasteiger partial charge in [-0.3, -0.25) is 23.9 Å². The first-order valence-corrected chi connectivity index (χ1v) is 9.04. The Kier molecular flexibility index (Phi) is 6.80. The first-order chi connectivity index (χ1) is 13.8. The van der Waals surface area contributed by atoms with Crippen molar-refractivity contribution >= 4 is 17.9 Å². The van der Waals surface area contributed by atoms with Crippen LogP contribution in [-0.4, -0.2) is 51.9 Å². The fourth-order valence-electron chi connectivity index (χ4n) is 3.01. The van der Waals surface area contributed by atoms with Crippen LogP contribution in [0.25, 0.3) is 0 Å². The first kappa shape index (κ1) is 23.3. The second kappa shape index (κ2) is 8.78. The van der Waals surface area contributed by atoms with E-state index in [0.29, 0.717) is 6.20 Å². The SMILES string of the molecule is CC(=O)O[C@@H]1C(C)C(COC(=O)C(C)(C)OC(C)=O)OC1n1cc(F)c(=O)[nH]c1=O. The number of halogens is 1. The Morgan fingerprint density at radius 3 is 2.43 bits per heavy atom. The molecule has 1 N–H and O–H groups in total. The molecular weight excluding hydrogens is 407 g/mol. The number of nitrogens with one attached hydrogen (secondary N) is 1. The smallest absolute Gasteiger partial charge is 0.350 e. The van der Waals surface area contributed by atoms with E-state index in [4.69, 9.17) is 18.9 Å². The monoisotopic (exact) mass is 430 g/mol. The fraction of sp³-hybridized carbons (Fsp3) is 0.611. The molecule has 0 amide bonds. The molecule has 0 spiro atoms. The lowest BCUT2D eigenvalue weighted by atomic mass is 10.0. The summed E-state index contributed by atoms with van der Waals surface area (Å²) in [5.74, 6) is -3.99. The largest absolute Gasteiger partial charge is 0.460 e. The van der Waals surface area contributed by atoms with Crippen LogP contribution in [0.5, 0.6) is 0 Å². The van der Waals surface area contributed by atoms with Gasteiger partial charge in [0, 0.05) is 19.8 Å². The number of H-pyrrole nitrogens is 1. The van der Waals surface area contributed by atoms with Gasteiger partial charge in [-0.2, -0.15) is 4.39 Å². The highest BCUT2D eigenvalue weighted by Gasteiger charge is 2.47.